The van der Waals surface area contributed by atoms with Crippen molar-refractivity contribution in [2.24, 2.45) is 0 Å². The van der Waals surface area contributed by atoms with E-state index in [1.54, 1.807) is 0 Å². The van der Waals surface area contributed by atoms with Crippen molar-refractivity contribution in [3.05, 3.63) is 28.2 Å². The highest BCUT2D eigenvalue weighted by Gasteiger charge is 2.24. The van der Waals surface area contributed by atoms with Gasteiger partial charge < -0.3 is 15.5 Å². The Balaban J connectivity index is 3.01. The maximum Gasteiger partial charge on any atom is 0.337 e. The van der Waals surface area contributed by atoms with E-state index in [-0.39, 0.29) is 11.3 Å². The van der Waals surface area contributed by atoms with Crippen LogP contribution in [0.2, 0.25) is 0 Å². The number of aromatic carboxylic acids is 1. The van der Waals surface area contributed by atoms with Crippen LogP contribution in [0.4, 0.5) is 5.69 Å². The van der Waals surface area contributed by atoms with Crippen LogP contribution < -0.4 is 5.32 Å². The fourth-order valence-corrected chi connectivity index (χ4v) is 1.59. The van der Waals surface area contributed by atoms with Gasteiger partial charge in [0.2, 0.25) is 5.91 Å². The second-order valence-electron chi connectivity index (χ2n) is 3.19. The largest absolute Gasteiger partial charge is 0.480 e. The molecule has 0 aromatic heterocycles. The Morgan fingerprint density at radius 1 is 1.22 bits per heavy atom. The minimum absolute atomic E-state index is 0.0291. The minimum atomic E-state index is -1.44. The van der Waals surface area contributed by atoms with Gasteiger partial charge in [0.25, 0.3) is 0 Å². The zero-order chi connectivity index (χ0) is 13.9. The average Bonchev–Trinajstić information content (AvgIpc) is 2.29. The fraction of sp³-hybridized carbons (Fsp3) is 0.100. The molecule has 18 heavy (non-hydrogen) atoms. The lowest BCUT2D eigenvalue weighted by molar-refractivity contribution is -0.138. The predicted molar refractivity (Wildman–Crippen MR) is 70.1 cm³/mol. The number of alkyl halides is 1. The zero-order valence-corrected chi connectivity index (χ0v) is 11.9. The molecule has 0 saturated carbocycles. The molecule has 0 saturated heterocycles. The Bertz CT molecular complexity index is 517. The van der Waals surface area contributed by atoms with Gasteiger partial charge in [0.15, 0.2) is 4.83 Å². The molecule has 1 unspecified atom stereocenters. The standard InChI is InChI=1S/C10H7Br2NO5/c11-4-1-2-6(5(3-4)9(15)16)13-8(14)7(12)10(17)18/h1-3,7H,(H,13,14)(H,15,16)(H,17,18). The lowest BCUT2D eigenvalue weighted by Crippen LogP contribution is -2.30. The molecule has 1 amide bonds. The molecule has 0 aliphatic heterocycles. The number of halogens is 2. The number of rotatable bonds is 4. The molecule has 3 N–H and O–H groups in total. The number of carboxylic acids is 2. The summed E-state index contributed by atoms with van der Waals surface area (Å²) in [6, 6.07) is 4.21. The van der Waals surface area contributed by atoms with Crippen molar-refractivity contribution in [3.63, 3.8) is 0 Å². The number of carboxylic acid groups (broad SMARTS) is 2. The van der Waals surface area contributed by atoms with E-state index in [1.165, 1.54) is 18.2 Å². The van der Waals surface area contributed by atoms with E-state index in [0.717, 1.165) is 0 Å². The van der Waals surface area contributed by atoms with Gasteiger partial charge in [-0.25, -0.2) is 4.79 Å². The summed E-state index contributed by atoms with van der Waals surface area (Å²) >= 11 is 5.78. The van der Waals surface area contributed by atoms with Gasteiger partial charge >= 0.3 is 11.9 Å². The third-order valence-electron chi connectivity index (χ3n) is 1.92. The minimum Gasteiger partial charge on any atom is -0.480 e. The molecule has 0 fully saturated rings. The van der Waals surface area contributed by atoms with Gasteiger partial charge in [-0.15, -0.1) is 0 Å². The van der Waals surface area contributed by atoms with Crippen LogP contribution in [-0.2, 0) is 9.59 Å². The molecule has 8 heteroatoms. The number of hydrogen-bond acceptors (Lipinski definition) is 3. The molecule has 1 rings (SSSR count). The van der Waals surface area contributed by atoms with Gasteiger partial charge in [0.1, 0.15) is 0 Å². The van der Waals surface area contributed by atoms with Crippen molar-refractivity contribution in [1.82, 2.24) is 0 Å². The number of nitrogens with one attached hydrogen (secondary N) is 1. The maximum absolute atomic E-state index is 11.5. The predicted octanol–water partition coefficient (Wildman–Crippen LogP) is 1.93. The monoisotopic (exact) mass is 379 g/mol. The van der Waals surface area contributed by atoms with Gasteiger partial charge in [0.05, 0.1) is 11.3 Å². The summed E-state index contributed by atoms with van der Waals surface area (Å²) in [5, 5.41) is 19.8. The summed E-state index contributed by atoms with van der Waals surface area (Å²) in [5.74, 6) is -3.44. The molecule has 0 radical (unpaired) electrons. The highest BCUT2D eigenvalue weighted by atomic mass is 79.9. The van der Waals surface area contributed by atoms with E-state index in [0.29, 0.717) is 4.47 Å². The first-order chi connectivity index (χ1) is 8.32. The fourth-order valence-electron chi connectivity index (χ4n) is 1.11. The van der Waals surface area contributed by atoms with E-state index in [1.807, 2.05) is 0 Å². The topological polar surface area (TPSA) is 104 Å². The third kappa shape index (κ3) is 3.54. The molecule has 1 aromatic rings. The van der Waals surface area contributed by atoms with Crippen molar-refractivity contribution in [2.45, 2.75) is 4.83 Å². The third-order valence-corrected chi connectivity index (χ3v) is 3.22. The SMILES string of the molecule is O=C(O)c1cc(Br)ccc1NC(=O)C(Br)C(=O)O. The van der Waals surface area contributed by atoms with Gasteiger partial charge in [-0.05, 0) is 18.2 Å². The van der Waals surface area contributed by atoms with Crippen molar-refractivity contribution >= 4 is 55.4 Å². The molecule has 1 aromatic carbocycles. The van der Waals surface area contributed by atoms with Crippen LogP contribution in [0.15, 0.2) is 22.7 Å². The van der Waals surface area contributed by atoms with E-state index in [2.05, 4.69) is 37.2 Å². The first-order valence-corrected chi connectivity index (χ1v) is 6.24. The molecule has 1 atom stereocenters. The van der Waals surface area contributed by atoms with Gasteiger partial charge in [0, 0.05) is 4.47 Å². The summed E-state index contributed by atoms with van der Waals surface area (Å²) < 4.78 is 0.534. The van der Waals surface area contributed by atoms with Crippen LogP contribution in [0, 0.1) is 0 Å². The number of aliphatic carboxylic acids is 1. The Hall–Kier alpha value is -1.41. The van der Waals surface area contributed by atoms with Crippen molar-refractivity contribution < 1.29 is 24.6 Å². The number of carbonyl (C=O) groups is 3. The normalized spacial score (nSPS) is 11.7. The van der Waals surface area contributed by atoms with Crippen LogP contribution in [0.25, 0.3) is 0 Å². The molecule has 0 bridgehead atoms. The molecular weight excluding hydrogens is 374 g/mol. The van der Waals surface area contributed by atoms with E-state index in [9.17, 15) is 14.4 Å². The van der Waals surface area contributed by atoms with Crippen LogP contribution in [0.5, 0.6) is 0 Å². The highest BCUT2D eigenvalue weighted by Crippen LogP contribution is 2.21. The van der Waals surface area contributed by atoms with Gasteiger partial charge in [-0.2, -0.15) is 0 Å². The number of hydrogen-bond donors (Lipinski definition) is 3. The summed E-state index contributed by atoms with van der Waals surface area (Å²) in [7, 11) is 0. The van der Waals surface area contributed by atoms with Crippen molar-refractivity contribution in [2.75, 3.05) is 5.32 Å². The lowest BCUT2D eigenvalue weighted by Gasteiger charge is -2.10. The number of amides is 1. The van der Waals surface area contributed by atoms with E-state index in [4.69, 9.17) is 10.2 Å². The summed E-state index contributed by atoms with van der Waals surface area (Å²) in [4.78, 5) is 31.6. The average molecular weight is 381 g/mol. The highest BCUT2D eigenvalue weighted by molar-refractivity contribution is 9.10. The molecule has 96 valence electrons. The zero-order valence-electron chi connectivity index (χ0n) is 8.68. The van der Waals surface area contributed by atoms with E-state index >= 15 is 0 Å². The first kappa shape index (κ1) is 14.7. The molecule has 0 heterocycles. The summed E-state index contributed by atoms with van der Waals surface area (Å²) in [6.45, 7) is 0. The molecule has 0 aliphatic carbocycles. The quantitative estimate of drug-likeness (QED) is 0.547. The van der Waals surface area contributed by atoms with Crippen molar-refractivity contribution in [1.29, 1.82) is 0 Å². The summed E-state index contributed by atoms with van der Waals surface area (Å²) in [5.41, 5.74) is -0.107. The Morgan fingerprint density at radius 3 is 2.33 bits per heavy atom. The van der Waals surface area contributed by atoms with Gasteiger partial charge in [-0.1, -0.05) is 31.9 Å². The maximum atomic E-state index is 11.5. The van der Waals surface area contributed by atoms with Crippen LogP contribution in [-0.4, -0.2) is 32.9 Å². The van der Waals surface area contributed by atoms with Crippen LogP contribution in [0.3, 0.4) is 0 Å². The smallest absolute Gasteiger partial charge is 0.337 e. The molecule has 0 spiro atoms. The Kier molecular flexibility index (Phi) is 4.85. The second-order valence-corrected chi connectivity index (χ2v) is 5.02. The Morgan fingerprint density at radius 2 is 1.83 bits per heavy atom. The number of carbonyl (C=O) groups excluding carboxylic acids is 1. The second kappa shape index (κ2) is 5.96. The first-order valence-electron chi connectivity index (χ1n) is 4.53. The lowest BCUT2D eigenvalue weighted by atomic mass is 10.2. The molecule has 0 aliphatic rings. The summed E-state index contributed by atoms with van der Waals surface area (Å²) in [6.07, 6.45) is 0. The van der Waals surface area contributed by atoms with Crippen LogP contribution >= 0.6 is 31.9 Å². The van der Waals surface area contributed by atoms with Crippen molar-refractivity contribution in [3.8, 4) is 0 Å². The van der Waals surface area contributed by atoms with Gasteiger partial charge in [-0.3, -0.25) is 9.59 Å². The van der Waals surface area contributed by atoms with E-state index < -0.39 is 22.7 Å². The Labute approximate surface area is 118 Å². The van der Waals surface area contributed by atoms with Crippen LogP contribution in [0.1, 0.15) is 10.4 Å². The number of benzene rings is 1. The molecule has 6 nitrogen and oxygen atoms in total. The molecular formula is C10H7Br2NO5. The number of anilines is 1.